The molecule has 0 fully saturated rings. The molecule has 0 radical (unpaired) electrons. The van der Waals surface area contributed by atoms with Gasteiger partial charge < -0.3 is 24.3 Å². The molecule has 2 amide bonds. The summed E-state index contributed by atoms with van der Waals surface area (Å²) in [4.78, 5) is 24.3. The largest absolute Gasteiger partial charge is 0.493 e. The predicted octanol–water partition coefficient (Wildman–Crippen LogP) is 2.87. The minimum atomic E-state index is -0.469. The Morgan fingerprint density at radius 1 is 1.16 bits per heavy atom. The third-order valence-electron chi connectivity index (χ3n) is 4.66. The van der Waals surface area contributed by atoms with Crippen LogP contribution >= 0.6 is 0 Å². The molecule has 3 rings (SSSR count). The Morgan fingerprint density at radius 2 is 2.00 bits per heavy atom. The van der Waals surface area contributed by atoms with Crippen molar-refractivity contribution in [2.75, 3.05) is 27.1 Å². The van der Waals surface area contributed by atoms with E-state index in [1.54, 1.807) is 31.4 Å². The molecule has 0 unspecified atom stereocenters. The van der Waals surface area contributed by atoms with E-state index in [1.165, 1.54) is 6.21 Å². The molecule has 2 aromatic rings. The number of carbonyl (C=O) groups is 2. The first-order valence-corrected chi connectivity index (χ1v) is 10.4. The van der Waals surface area contributed by atoms with Crippen LogP contribution in [0.4, 0.5) is 0 Å². The van der Waals surface area contributed by atoms with E-state index in [2.05, 4.69) is 22.8 Å². The average Bonchev–Trinajstić information content (AvgIpc) is 3.28. The smallest absolute Gasteiger partial charge is 0.259 e. The highest BCUT2D eigenvalue weighted by Crippen LogP contribution is 2.32. The molecule has 170 valence electrons. The van der Waals surface area contributed by atoms with Crippen molar-refractivity contribution in [3.05, 3.63) is 47.5 Å². The van der Waals surface area contributed by atoms with Gasteiger partial charge in [-0.15, -0.1) is 0 Å². The Hall–Kier alpha value is -3.75. The van der Waals surface area contributed by atoms with Crippen LogP contribution in [0.2, 0.25) is 0 Å². The molecule has 0 saturated carbocycles. The first-order valence-electron chi connectivity index (χ1n) is 10.4. The van der Waals surface area contributed by atoms with Crippen molar-refractivity contribution in [3.63, 3.8) is 0 Å². The maximum atomic E-state index is 12.3. The second-order valence-electron chi connectivity index (χ2n) is 6.98. The third kappa shape index (κ3) is 6.13. The zero-order valence-corrected chi connectivity index (χ0v) is 18.2. The number of hydrazone groups is 1. The van der Waals surface area contributed by atoms with Crippen LogP contribution in [0.25, 0.3) is 0 Å². The maximum Gasteiger partial charge on any atom is 0.259 e. The fourth-order valence-electron chi connectivity index (χ4n) is 2.99. The summed E-state index contributed by atoms with van der Waals surface area (Å²) >= 11 is 0. The van der Waals surface area contributed by atoms with Gasteiger partial charge in [0.2, 0.25) is 6.79 Å². The van der Waals surface area contributed by atoms with Crippen LogP contribution in [0.3, 0.4) is 0 Å². The molecule has 0 bridgehead atoms. The van der Waals surface area contributed by atoms with Gasteiger partial charge >= 0.3 is 0 Å². The molecule has 32 heavy (non-hydrogen) atoms. The average molecular weight is 441 g/mol. The number of nitrogens with one attached hydrogen (secondary N) is 2. The van der Waals surface area contributed by atoms with Gasteiger partial charge in [0, 0.05) is 11.1 Å². The Labute approximate surface area is 186 Å². The molecular weight excluding hydrogens is 414 g/mol. The van der Waals surface area contributed by atoms with Crippen LogP contribution in [0.1, 0.15) is 42.1 Å². The van der Waals surface area contributed by atoms with Gasteiger partial charge in [-0.25, -0.2) is 5.43 Å². The van der Waals surface area contributed by atoms with E-state index in [-0.39, 0.29) is 13.3 Å². The number of carbonyl (C=O) groups excluding carboxylic acids is 2. The summed E-state index contributed by atoms with van der Waals surface area (Å²) in [5.41, 5.74) is 3.43. The molecule has 0 saturated heterocycles. The third-order valence-corrected chi connectivity index (χ3v) is 4.66. The number of rotatable bonds is 11. The summed E-state index contributed by atoms with van der Waals surface area (Å²) in [5, 5.41) is 6.51. The lowest BCUT2D eigenvalue weighted by Gasteiger charge is -2.13. The molecule has 2 N–H and O–H groups in total. The minimum absolute atomic E-state index is 0.125. The Morgan fingerprint density at radius 3 is 2.81 bits per heavy atom. The van der Waals surface area contributed by atoms with Gasteiger partial charge in [-0.2, -0.15) is 5.10 Å². The summed E-state index contributed by atoms with van der Waals surface area (Å²) in [6, 6.07) is 10.2. The highest BCUT2D eigenvalue weighted by molar-refractivity contribution is 5.97. The molecular formula is C23H27N3O6. The number of nitrogens with zero attached hydrogens (tertiary/aromatic N) is 1. The number of methoxy groups -OCH3 is 1. The van der Waals surface area contributed by atoms with Gasteiger partial charge in [0.25, 0.3) is 11.8 Å². The quantitative estimate of drug-likeness (QED) is 0.315. The highest BCUT2D eigenvalue weighted by Gasteiger charge is 2.16. The van der Waals surface area contributed by atoms with Crippen LogP contribution in [0.5, 0.6) is 23.0 Å². The normalized spacial score (nSPS) is 11.9. The van der Waals surface area contributed by atoms with E-state index in [0.717, 1.165) is 19.3 Å². The Balaban J connectivity index is 1.52. The van der Waals surface area contributed by atoms with Gasteiger partial charge in [-0.3, -0.25) is 9.59 Å². The summed E-state index contributed by atoms with van der Waals surface area (Å²) in [6.07, 6.45) is 4.59. The van der Waals surface area contributed by atoms with Crippen LogP contribution < -0.4 is 29.7 Å². The fraction of sp³-hybridized carbons (Fsp3) is 0.348. The van der Waals surface area contributed by atoms with Gasteiger partial charge in [-0.05, 0) is 36.8 Å². The van der Waals surface area contributed by atoms with Crippen molar-refractivity contribution in [1.29, 1.82) is 0 Å². The van der Waals surface area contributed by atoms with Crippen molar-refractivity contribution in [3.8, 4) is 23.0 Å². The van der Waals surface area contributed by atoms with Gasteiger partial charge in [0.15, 0.2) is 23.0 Å². The molecule has 0 aliphatic carbocycles. The van der Waals surface area contributed by atoms with E-state index in [0.29, 0.717) is 40.7 Å². The summed E-state index contributed by atoms with van der Waals surface area (Å²) < 4.78 is 21.7. The van der Waals surface area contributed by atoms with Crippen LogP contribution in [0, 0.1) is 0 Å². The number of amides is 2. The minimum Gasteiger partial charge on any atom is -0.493 e. The van der Waals surface area contributed by atoms with Gasteiger partial charge in [0.05, 0.1) is 26.5 Å². The van der Waals surface area contributed by atoms with Gasteiger partial charge in [0.1, 0.15) is 0 Å². The Bertz CT molecular complexity index is 976. The van der Waals surface area contributed by atoms with Crippen molar-refractivity contribution in [2.24, 2.45) is 5.10 Å². The highest BCUT2D eigenvalue weighted by atomic mass is 16.7. The van der Waals surface area contributed by atoms with Crippen LogP contribution in [-0.4, -0.2) is 45.1 Å². The number of para-hydroxylation sites is 1. The molecule has 1 heterocycles. The first kappa shape index (κ1) is 22.9. The van der Waals surface area contributed by atoms with E-state index in [9.17, 15) is 9.59 Å². The molecule has 9 heteroatoms. The first-order chi connectivity index (χ1) is 15.6. The second kappa shape index (κ2) is 11.6. The van der Waals surface area contributed by atoms with E-state index < -0.39 is 11.8 Å². The lowest BCUT2D eigenvalue weighted by Crippen LogP contribution is -2.34. The standard InChI is InChI=1S/C23H27N3O6/c1-3-4-5-11-30-22-17(7-6-8-19(22)29-2)13-25-26-21(27)14-24-23(28)16-9-10-18-20(12-16)32-15-31-18/h6-10,12-13H,3-5,11,14-15H2,1-2H3,(H,24,28)(H,26,27). The van der Waals surface area contributed by atoms with E-state index in [1.807, 2.05) is 12.1 Å². The second-order valence-corrected chi connectivity index (χ2v) is 6.98. The molecule has 1 aliphatic rings. The summed E-state index contributed by atoms with van der Waals surface area (Å²) in [6.45, 7) is 2.58. The van der Waals surface area contributed by atoms with Crippen LogP contribution in [-0.2, 0) is 4.79 Å². The van der Waals surface area contributed by atoms with E-state index in [4.69, 9.17) is 18.9 Å². The fourth-order valence-corrected chi connectivity index (χ4v) is 2.99. The number of ether oxygens (including phenoxy) is 4. The zero-order chi connectivity index (χ0) is 22.8. The zero-order valence-electron chi connectivity index (χ0n) is 18.2. The number of benzene rings is 2. The number of unbranched alkanes of at least 4 members (excludes halogenated alkanes) is 2. The lowest BCUT2D eigenvalue weighted by molar-refractivity contribution is -0.120. The number of hydrogen-bond acceptors (Lipinski definition) is 7. The topological polar surface area (TPSA) is 107 Å². The molecule has 1 aliphatic heterocycles. The SMILES string of the molecule is CCCCCOc1c(C=NNC(=O)CNC(=O)c2ccc3c(c2)OCO3)cccc1OC. The molecule has 9 nitrogen and oxygen atoms in total. The van der Waals surface area contributed by atoms with Crippen molar-refractivity contribution >= 4 is 18.0 Å². The van der Waals surface area contributed by atoms with E-state index >= 15 is 0 Å². The lowest BCUT2D eigenvalue weighted by atomic mass is 10.2. The maximum absolute atomic E-state index is 12.3. The molecule has 0 spiro atoms. The van der Waals surface area contributed by atoms with Crippen LogP contribution in [0.15, 0.2) is 41.5 Å². The summed E-state index contributed by atoms with van der Waals surface area (Å²) in [5.74, 6) is 1.37. The molecule has 2 aromatic carbocycles. The number of fused-ring (bicyclic) bond motifs is 1. The Kier molecular flexibility index (Phi) is 8.30. The molecule has 0 aromatic heterocycles. The van der Waals surface area contributed by atoms with Crippen molar-refractivity contribution in [2.45, 2.75) is 26.2 Å². The van der Waals surface area contributed by atoms with Crippen molar-refractivity contribution < 1.29 is 28.5 Å². The monoisotopic (exact) mass is 441 g/mol. The summed E-state index contributed by atoms with van der Waals surface area (Å²) in [7, 11) is 1.57. The predicted molar refractivity (Wildman–Crippen MR) is 119 cm³/mol. The van der Waals surface area contributed by atoms with Crippen molar-refractivity contribution in [1.82, 2.24) is 10.7 Å². The van der Waals surface area contributed by atoms with Gasteiger partial charge in [-0.1, -0.05) is 25.8 Å². The number of hydrogen-bond donors (Lipinski definition) is 2. The molecule has 0 atom stereocenters.